The fraction of sp³-hybridized carbons (Fsp3) is 0.500. The number of amides is 1. The Labute approximate surface area is 164 Å². The summed E-state index contributed by atoms with van der Waals surface area (Å²) in [5.41, 5.74) is 0.354. The fourth-order valence-corrected chi connectivity index (χ4v) is 4.55. The van der Waals surface area contributed by atoms with Crippen LogP contribution in [-0.2, 0) is 27.8 Å². The molecule has 1 aliphatic heterocycles. The van der Waals surface area contributed by atoms with Gasteiger partial charge in [-0.15, -0.1) is 0 Å². The van der Waals surface area contributed by atoms with Crippen molar-refractivity contribution in [3.05, 3.63) is 29.4 Å². The van der Waals surface area contributed by atoms with Gasteiger partial charge in [-0.2, -0.15) is 4.98 Å². The highest BCUT2D eigenvalue weighted by molar-refractivity contribution is 7.89. The topological polar surface area (TPSA) is 115 Å². The van der Waals surface area contributed by atoms with E-state index < -0.39 is 15.6 Å². The van der Waals surface area contributed by atoms with Crippen LogP contribution in [0.5, 0.6) is 5.75 Å². The van der Waals surface area contributed by atoms with Crippen molar-refractivity contribution in [3.63, 3.8) is 0 Å². The van der Waals surface area contributed by atoms with E-state index >= 15 is 0 Å². The van der Waals surface area contributed by atoms with Gasteiger partial charge in [-0.05, 0) is 39.3 Å². The number of carbonyl (C=O) groups excluding carboxylic acids is 1. The molecule has 0 bridgehead atoms. The van der Waals surface area contributed by atoms with E-state index in [1.807, 2.05) is 6.92 Å². The number of aryl methyl sites for hydroxylation is 2. The van der Waals surface area contributed by atoms with Crippen LogP contribution in [0, 0.1) is 6.92 Å². The zero-order chi connectivity index (χ0) is 20.7. The first-order valence-corrected chi connectivity index (χ1v) is 10.4. The van der Waals surface area contributed by atoms with Crippen LogP contribution in [0.2, 0.25) is 0 Å². The summed E-state index contributed by atoms with van der Waals surface area (Å²) < 4.78 is 38.7. The standard InChI is InChI=1S/C18H24N4O5S/c1-6-16-19-15(20-27-16)9-22-12-7-11(2)14(8-13(12)26-10-17(22)23)28(24,25)21-18(3,4)5/h7-8,21H,6,9-10H2,1-5H3. The number of hydrogen-bond acceptors (Lipinski definition) is 7. The highest BCUT2D eigenvalue weighted by Crippen LogP contribution is 2.37. The number of nitrogens with one attached hydrogen (secondary N) is 1. The van der Waals surface area contributed by atoms with Crippen LogP contribution in [0.15, 0.2) is 21.6 Å². The molecule has 0 fully saturated rings. The van der Waals surface area contributed by atoms with Crippen LogP contribution in [-0.4, -0.2) is 36.6 Å². The molecule has 152 valence electrons. The Kier molecular flexibility index (Phi) is 5.20. The Morgan fingerprint density at radius 1 is 1.29 bits per heavy atom. The first-order valence-electron chi connectivity index (χ1n) is 8.93. The quantitative estimate of drug-likeness (QED) is 0.804. The van der Waals surface area contributed by atoms with Gasteiger partial charge in [-0.25, -0.2) is 13.1 Å². The number of nitrogens with zero attached hydrogens (tertiary/aromatic N) is 3. The maximum Gasteiger partial charge on any atom is 0.265 e. The Balaban J connectivity index is 1.98. The third-order valence-electron chi connectivity index (χ3n) is 4.04. The lowest BCUT2D eigenvalue weighted by molar-refractivity contribution is -0.121. The van der Waals surface area contributed by atoms with Gasteiger partial charge in [0.2, 0.25) is 15.9 Å². The van der Waals surface area contributed by atoms with Crippen molar-refractivity contribution in [2.24, 2.45) is 0 Å². The van der Waals surface area contributed by atoms with Gasteiger partial charge in [0.05, 0.1) is 17.1 Å². The maximum atomic E-state index is 12.7. The van der Waals surface area contributed by atoms with Crippen LogP contribution >= 0.6 is 0 Å². The number of anilines is 1. The molecule has 0 radical (unpaired) electrons. The van der Waals surface area contributed by atoms with E-state index in [1.54, 1.807) is 33.8 Å². The zero-order valence-electron chi connectivity index (χ0n) is 16.6. The zero-order valence-corrected chi connectivity index (χ0v) is 17.4. The molecule has 0 unspecified atom stereocenters. The summed E-state index contributed by atoms with van der Waals surface area (Å²) in [6.45, 7) is 8.80. The summed E-state index contributed by atoms with van der Waals surface area (Å²) in [7, 11) is -3.75. The van der Waals surface area contributed by atoms with Crippen molar-refractivity contribution in [3.8, 4) is 5.75 Å². The number of benzene rings is 1. The monoisotopic (exact) mass is 408 g/mol. The second-order valence-electron chi connectivity index (χ2n) is 7.67. The Morgan fingerprint density at radius 2 is 2.00 bits per heavy atom. The summed E-state index contributed by atoms with van der Waals surface area (Å²) >= 11 is 0. The Bertz CT molecular complexity index is 1010. The van der Waals surface area contributed by atoms with Gasteiger partial charge in [-0.3, -0.25) is 9.69 Å². The third kappa shape index (κ3) is 4.17. The molecule has 3 rings (SSSR count). The summed E-state index contributed by atoms with van der Waals surface area (Å²) in [5.74, 6) is 0.917. The predicted octanol–water partition coefficient (Wildman–Crippen LogP) is 1.94. The van der Waals surface area contributed by atoms with E-state index in [0.717, 1.165) is 0 Å². The average molecular weight is 408 g/mol. The number of rotatable bonds is 5. The molecular formula is C18H24N4O5S. The third-order valence-corrected chi connectivity index (χ3v) is 5.94. The van der Waals surface area contributed by atoms with Crippen molar-refractivity contribution in [2.75, 3.05) is 11.5 Å². The lowest BCUT2D eigenvalue weighted by atomic mass is 10.1. The molecule has 0 spiro atoms. The smallest absolute Gasteiger partial charge is 0.265 e. The molecule has 0 saturated carbocycles. The second-order valence-corrected chi connectivity index (χ2v) is 9.32. The van der Waals surface area contributed by atoms with Gasteiger partial charge in [0, 0.05) is 18.0 Å². The van der Waals surface area contributed by atoms with Crippen molar-refractivity contribution >= 4 is 21.6 Å². The molecule has 1 aliphatic rings. The number of carbonyl (C=O) groups is 1. The van der Waals surface area contributed by atoms with E-state index in [4.69, 9.17) is 9.26 Å². The molecule has 1 aromatic carbocycles. The van der Waals surface area contributed by atoms with E-state index in [2.05, 4.69) is 14.9 Å². The van der Waals surface area contributed by atoms with E-state index in [0.29, 0.717) is 35.1 Å². The van der Waals surface area contributed by atoms with Crippen molar-refractivity contribution in [1.29, 1.82) is 0 Å². The SMILES string of the molecule is CCc1nc(CN2C(=O)COc3cc(S(=O)(=O)NC(C)(C)C)c(C)cc32)no1. The fourth-order valence-electron chi connectivity index (χ4n) is 2.89. The minimum atomic E-state index is -3.75. The van der Waals surface area contributed by atoms with Gasteiger partial charge in [0.25, 0.3) is 5.91 Å². The van der Waals surface area contributed by atoms with Crippen LogP contribution in [0.25, 0.3) is 0 Å². The van der Waals surface area contributed by atoms with Crippen molar-refractivity contribution in [1.82, 2.24) is 14.9 Å². The van der Waals surface area contributed by atoms with Crippen LogP contribution < -0.4 is 14.4 Å². The Hall–Kier alpha value is -2.46. The number of hydrogen-bond donors (Lipinski definition) is 1. The molecule has 2 heterocycles. The highest BCUT2D eigenvalue weighted by Gasteiger charge is 2.31. The van der Waals surface area contributed by atoms with Gasteiger partial charge in [0.1, 0.15) is 5.75 Å². The first-order chi connectivity index (χ1) is 13.0. The minimum absolute atomic E-state index is 0.114. The number of aromatic nitrogens is 2. The lowest BCUT2D eigenvalue weighted by Gasteiger charge is -2.30. The van der Waals surface area contributed by atoms with Gasteiger partial charge < -0.3 is 9.26 Å². The Morgan fingerprint density at radius 3 is 2.61 bits per heavy atom. The highest BCUT2D eigenvalue weighted by atomic mass is 32.2. The van der Waals surface area contributed by atoms with Crippen LogP contribution in [0.1, 0.15) is 45.0 Å². The van der Waals surface area contributed by atoms with Crippen LogP contribution in [0.3, 0.4) is 0 Å². The molecule has 1 N–H and O–H groups in total. The lowest BCUT2D eigenvalue weighted by Crippen LogP contribution is -2.41. The summed E-state index contributed by atoms with van der Waals surface area (Å²) in [6.07, 6.45) is 0.599. The summed E-state index contributed by atoms with van der Waals surface area (Å²) in [6, 6.07) is 3.08. The molecule has 1 amide bonds. The molecule has 2 aromatic rings. The van der Waals surface area contributed by atoms with E-state index in [9.17, 15) is 13.2 Å². The number of fused-ring (bicyclic) bond motifs is 1. The largest absolute Gasteiger partial charge is 0.482 e. The molecule has 0 saturated heterocycles. The maximum absolute atomic E-state index is 12.7. The molecule has 28 heavy (non-hydrogen) atoms. The van der Waals surface area contributed by atoms with Crippen molar-refractivity contribution < 1.29 is 22.5 Å². The number of sulfonamides is 1. The predicted molar refractivity (Wildman–Crippen MR) is 102 cm³/mol. The molecule has 10 heteroatoms. The van der Waals surface area contributed by atoms with E-state index in [-0.39, 0.29) is 24.0 Å². The van der Waals surface area contributed by atoms with Gasteiger partial charge in [0.15, 0.2) is 12.4 Å². The van der Waals surface area contributed by atoms with E-state index in [1.165, 1.54) is 11.0 Å². The molecule has 9 nitrogen and oxygen atoms in total. The molecule has 0 atom stereocenters. The van der Waals surface area contributed by atoms with Gasteiger partial charge >= 0.3 is 0 Å². The minimum Gasteiger partial charge on any atom is -0.482 e. The summed E-state index contributed by atoms with van der Waals surface area (Å²) in [4.78, 5) is 18.2. The normalized spacial score (nSPS) is 14.8. The van der Waals surface area contributed by atoms with Crippen molar-refractivity contribution in [2.45, 2.75) is 58.0 Å². The summed E-state index contributed by atoms with van der Waals surface area (Å²) in [5, 5.41) is 3.88. The van der Waals surface area contributed by atoms with Crippen LogP contribution in [0.4, 0.5) is 5.69 Å². The number of ether oxygens (including phenoxy) is 1. The molecular weight excluding hydrogens is 384 g/mol. The average Bonchev–Trinajstić information content (AvgIpc) is 3.02. The first kappa shape index (κ1) is 20.3. The molecule has 0 aliphatic carbocycles. The van der Waals surface area contributed by atoms with Gasteiger partial charge in [-0.1, -0.05) is 12.1 Å². The molecule has 1 aromatic heterocycles. The second kappa shape index (κ2) is 7.17.